The Labute approximate surface area is 172 Å². The number of carbonyl (C=O) groups is 1. The van der Waals surface area contributed by atoms with Gasteiger partial charge in [0.15, 0.2) is 0 Å². The summed E-state index contributed by atoms with van der Waals surface area (Å²) in [4.78, 5) is 17.0. The van der Waals surface area contributed by atoms with E-state index in [1.165, 1.54) is 0 Å². The van der Waals surface area contributed by atoms with Crippen molar-refractivity contribution in [3.05, 3.63) is 52.9 Å². The molecule has 2 aliphatic rings. The second kappa shape index (κ2) is 7.75. The second-order valence-corrected chi connectivity index (χ2v) is 9.84. The molecule has 0 radical (unpaired) electrons. The number of nitrogens with zero attached hydrogens (tertiary/aromatic N) is 1. The highest BCUT2D eigenvalue weighted by atomic mass is 32.2. The fourth-order valence-corrected chi connectivity index (χ4v) is 4.99. The topological polar surface area (TPSA) is 76.1 Å². The first-order valence-corrected chi connectivity index (χ1v) is 11.8. The van der Waals surface area contributed by atoms with Crippen LogP contribution in [0, 0.1) is 12.8 Å². The van der Waals surface area contributed by atoms with Gasteiger partial charge in [-0.1, -0.05) is 25.1 Å². The normalized spacial score (nSPS) is 15.4. The zero-order valence-corrected chi connectivity index (χ0v) is 17.7. The van der Waals surface area contributed by atoms with Crippen molar-refractivity contribution in [3.8, 4) is 11.1 Å². The summed E-state index contributed by atoms with van der Waals surface area (Å²) in [7, 11) is -3.32. The first-order valence-electron chi connectivity index (χ1n) is 10.2. The summed E-state index contributed by atoms with van der Waals surface area (Å²) in [5.41, 5.74) is 6.58. The minimum Gasteiger partial charge on any atom is -0.299 e. The molecule has 0 atom stereocenters. The number of hydrogen-bond acceptors (Lipinski definition) is 4. The van der Waals surface area contributed by atoms with Gasteiger partial charge in [0.2, 0.25) is 10.0 Å². The maximum atomic E-state index is 12.3. The van der Waals surface area contributed by atoms with Crippen molar-refractivity contribution >= 4 is 27.6 Å². The van der Waals surface area contributed by atoms with E-state index < -0.39 is 10.0 Å². The third-order valence-corrected chi connectivity index (χ3v) is 6.93. The number of nitrogens with one attached hydrogen (secondary N) is 1. The predicted molar refractivity (Wildman–Crippen MR) is 116 cm³/mol. The Bertz CT molecular complexity index is 1100. The molecule has 5 nitrogen and oxygen atoms in total. The maximum Gasteiger partial charge on any atom is 0.232 e. The minimum absolute atomic E-state index is 0.106. The summed E-state index contributed by atoms with van der Waals surface area (Å²) in [5.74, 6) is 0.616. The van der Waals surface area contributed by atoms with Gasteiger partial charge in [0.1, 0.15) is 5.78 Å². The zero-order chi connectivity index (χ0) is 20.6. The van der Waals surface area contributed by atoms with Gasteiger partial charge in [-0.2, -0.15) is 0 Å². The average Bonchev–Trinajstić information content (AvgIpc) is 3.39. The number of fused-ring (bicyclic) bond motifs is 1. The zero-order valence-electron chi connectivity index (χ0n) is 16.9. The summed E-state index contributed by atoms with van der Waals surface area (Å²) in [5, 5.41) is 0. The number of aryl methyl sites for hydroxylation is 1. The molecule has 1 saturated carbocycles. The Morgan fingerprint density at radius 2 is 2.00 bits per heavy atom. The van der Waals surface area contributed by atoms with Crippen LogP contribution >= 0.6 is 0 Å². The summed E-state index contributed by atoms with van der Waals surface area (Å²) in [6.07, 6.45) is 7.93. The van der Waals surface area contributed by atoms with E-state index in [1.54, 1.807) is 6.07 Å². The Kier molecular flexibility index (Phi) is 5.30. The number of rotatable bonds is 8. The van der Waals surface area contributed by atoms with Gasteiger partial charge in [0, 0.05) is 35.7 Å². The summed E-state index contributed by atoms with van der Waals surface area (Å²) < 4.78 is 26.8. The fraction of sp³-hybridized carbons (Fsp3) is 0.391. The Morgan fingerprint density at radius 3 is 2.69 bits per heavy atom. The Hall–Kier alpha value is -2.47. The number of Topliss-reactive ketones (excluding diaryl/α,β-unsaturated/α-hetero) is 1. The van der Waals surface area contributed by atoms with Crippen LogP contribution < -0.4 is 4.72 Å². The number of aromatic nitrogens is 1. The molecular weight excluding hydrogens is 384 g/mol. The largest absolute Gasteiger partial charge is 0.299 e. The highest BCUT2D eigenvalue weighted by Crippen LogP contribution is 2.35. The van der Waals surface area contributed by atoms with Crippen molar-refractivity contribution in [2.45, 2.75) is 46.0 Å². The highest BCUT2D eigenvalue weighted by Gasteiger charge is 2.30. The number of allylic oxidation sites excluding steroid dienone is 1. The lowest BCUT2D eigenvalue weighted by molar-refractivity contribution is -0.119. The Balaban J connectivity index is 1.67. The summed E-state index contributed by atoms with van der Waals surface area (Å²) in [6, 6.07) is 7.64. The minimum atomic E-state index is -3.32. The van der Waals surface area contributed by atoms with Crippen molar-refractivity contribution in [2.75, 3.05) is 10.5 Å². The molecule has 0 spiro atoms. The van der Waals surface area contributed by atoms with Crippen LogP contribution in [0.3, 0.4) is 0 Å². The van der Waals surface area contributed by atoms with E-state index in [2.05, 4.69) is 16.9 Å². The third-order valence-electron chi connectivity index (χ3n) is 5.44. The number of carbonyl (C=O) groups excluding carboxylic acids is 1. The lowest BCUT2D eigenvalue weighted by atomic mass is 9.94. The van der Waals surface area contributed by atoms with Gasteiger partial charge in [-0.05, 0) is 61.1 Å². The number of ketones is 1. The molecule has 6 heteroatoms. The molecule has 29 heavy (non-hydrogen) atoms. The van der Waals surface area contributed by atoms with E-state index in [0.717, 1.165) is 52.9 Å². The fourth-order valence-electron chi connectivity index (χ4n) is 3.87. The molecule has 2 aromatic rings. The van der Waals surface area contributed by atoms with Crippen LogP contribution in [0.1, 0.15) is 48.7 Å². The van der Waals surface area contributed by atoms with Crippen molar-refractivity contribution in [2.24, 2.45) is 5.92 Å². The van der Waals surface area contributed by atoms with Crippen LogP contribution in [0.15, 0.2) is 30.3 Å². The first-order chi connectivity index (χ1) is 13.9. The molecule has 1 aromatic heterocycles. The Morgan fingerprint density at radius 1 is 1.21 bits per heavy atom. The third kappa shape index (κ3) is 4.42. The van der Waals surface area contributed by atoms with Crippen molar-refractivity contribution in [3.63, 3.8) is 0 Å². The maximum absolute atomic E-state index is 12.3. The SMILES string of the molecule is CCCS(=O)(=O)Nc1ccc(-c2cc(CC(=O)C3CC3)nc3c2C=CC3)c(C)c1. The molecule has 0 bridgehead atoms. The number of pyridine rings is 1. The molecule has 0 unspecified atom stereocenters. The van der Waals surface area contributed by atoms with E-state index in [0.29, 0.717) is 18.5 Å². The smallest absolute Gasteiger partial charge is 0.232 e. The predicted octanol–water partition coefficient (Wildman–Crippen LogP) is 4.30. The van der Waals surface area contributed by atoms with Crippen LogP contribution in [0.2, 0.25) is 0 Å². The first kappa shape index (κ1) is 19.8. The molecule has 0 amide bonds. The molecular formula is C23H26N2O3S. The lowest BCUT2D eigenvalue weighted by Gasteiger charge is -2.15. The van der Waals surface area contributed by atoms with Gasteiger partial charge in [-0.25, -0.2) is 8.42 Å². The molecule has 1 fully saturated rings. The standard InChI is InChI=1S/C23H26N2O3S/c1-3-11-29(27,28)25-17-9-10-19(15(2)12-17)21-13-18(14-23(26)16-7-8-16)24-22-6-4-5-20(21)22/h4-5,9-10,12-13,16,25H,3,6-8,11,14H2,1-2H3. The molecule has 0 aliphatic heterocycles. The van der Waals surface area contributed by atoms with Crippen LogP contribution in [0.4, 0.5) is 5.69 Å². The second-order valence-electron chi connectivity index (χ2n) is 8.00. The van der Waals surface area contributed by atoms with Gasteiger partial charge >= 0.3 is 0 Å². The number of sulfonamides is 1. The van der Waals surface area contributed by atoms with Crippen molar-refractivity contribution < 1.29 is 13.2 Å². The molecule has 0 saturated heterocycles. The number of benzene rings is 1. The van der Waals surface area contributed by atoms with E-state index in [-0.39, 0.29) is 17.5 Å². The number of anilines is 1. The van der Waals surface area contributed by atoms with Crippen LogP contribution in [-0.4, -0.2) is 24.9 Å². The average molecular weight is 411 g/mol. The van der Waals surface area contributed by atoms with Gasteiger partial charge in [0.05, 0.1) is 11.4 Å². The monoisotopic (exact) mass is 410 g/mol. The van der Waals surface area contributed by atoms with Crippen LogP contribution in [-0.2, 0) is 27.7 Å². The van der Waals surface area contributed by atoms with Crippen LogP contribution in [0.25, 0.3) is 17.2 Å². The highest BCUT2D eigenvalue weighted by molar-refractivity contribution is 7.92. The molecule has 1 aromatic carbocycles. The molecule has 4 rings (SSSR count). The number of hydrogen-bond donors (Lipinski definition) is 1. The van der Waals surface area contributed by atoms with Crippen molar-refractivity contribution in [1.29, 1.82) is 0 Å². The lowest BCUT2D eigenvalue weighted by Crippen LogP contribution is -2.16. The molecule has 1 heterocycles. The quantitative estimate of drug-likeness (QED) is 0.704. The molecule has 2 aliphatic carbocycles. The van der Waals surface area contributed by atoms with Gasteiger partial charge in [0.25, 0.3) is 0 Å². The van der Waals surface area contributed by atoms with Gasteiger partial charge in [-0.15, -0.1) is 0 Å². The van der Waals surface area contributed by atoms with E-state index in [9.17, 15) is 13.2 Å². The molecule has 152 valence electrons. The van der Waals surface area contributed by atoms with Gasteiger partial charge < -0.3 is 0 Å². The molecule has 1 N–H and O–H groups in total. The van der Waals surface area contributed by atoms with E-state index in [4.69, 9.17) is 4.98 Å². The summed E-state index contributed by atoms with van der Waals surface area (Å²) >= 11 is 0. The van der Waals surface area contributed by atoms with Crippen molar-refractivity contribution in [1.82, 2.24) is 4.98 Å². The van der Waals surface area contributed by atoms with Gasteiger partial charge in [-0.3, -0.25) is 14.5 Å². The van der Waals surface area contributed by atoms with Crippen LogP contribution in [0.5, 0.6) is 0 Å². The summed E-state index contributed by atoms with van der Waals surface area (Å²) in [6.45, 7) is 3.82. The van der Waals surface area contributed by atoms with E-state index in [1.807, 2.05) is 32.0 Å². The van der Waals surface area contributed by atoms with E-state index >= 15 is 0 Å².